The van der Waals surface area contributed by atoms with Crippen LogP contribution < -0.4 is 0 Å². The SMILES string of the molecule is O=C1OCC(c2ccncc2)=C1c1ccccc1. The van der Waals surface area contributed by atoms with E-state index in [2.05, 4.69) is 4.98 Å². The fourth-order valence-corrected chi connectivity index (χ4v) is 2.08. The summed E-state index contributed by atoms with van der Waals surface area (Å²) in [5.41, 5.74) is 3.46. The lowest BCUT2D eigenvalue weighted by Gasteiger charge is -2.03. The normalized spacial score (nSPS) is 14.8. The van der Waals surface area contributed by atoms with Crippen molar-refractivity contribution in [1.29, 1.82) is 0 Å². The van der Waals surface area contributed by atoms with Crippen LogP contribution in [0.3, 0.4) is 0 Å². The monoisotopic (exact) mass is 237 g/mol. The highest BCUT2D eigenvalue weighted by molar-refractivity contribution is 6.27. The third kappa shape index (κ3) is 1.80. The molecule has 0 saturated heterocycles. The lowest BCUT2D eigenvalue weighted by atomic mass is 9.97. The third-order valence-corrected chi connectivity index (χ3v) is 2.94. The minimum Gasteiger partial charge on any atom is -0.457 e. The van der Waals surface area contributed by atoms with Gasteiger partial charge < -0.3 is 4.74 Å². The number of hydrogen-bond donors (Lipinski definition) is 0. The van der Waals surface area contributed by atoms with E-state index in [1.165, 1.54) is 0 Å². The van der Waals surface area contributed by atoms with E-state index in [9.17, 15) is 4.79 Å². The second-order valence-corrected chi connectivity index (χ2v) is 4.03. The molecule has 0 spiro atoms. The molecule has 0 aliphatic carbocycles. The van der Waals surface area contributed by atoms with Gasteiger partial charge in [0.2, 0.25) is 0 Å². The minimum absolute atomic E-state index is 0.256. The van der Waals surface area contributed by atoms with Crippen LogP contribution in [-0.4, -0.2) is 17.6 Å². The van der Waals surface area contributed by atoms with E-state index >= 15 is 0 Å². The Labute approximate surface area is 105 Å². The van der Waals surface area contributed by atoms with Crippen LogP contribution in [0.15, 0.2) is 54.9 Å². The van der Waals surface area contributed by atoms with E-state index < -0.39 is 0 Å². The Morgan fingerprint density at radius 1 is 0.944 bits per heavy atom. The molecule has 0 amide bonds. The molecule has 88 valence electrons. The molecule has 0 N–H and O–H groups in total. The van der Waals surface area contributed by atoms with Gasteiger partial charge in [-0.15, -0.1) is 0 Å². The molecule has 0 fully saturated rings. The van der Waals surface area contributed by atoms with Crippen LogP contribution in [0.25, 0.3) is 11.1 Å². The second kappa shape index (κ2) is 4.45. The smallest absolute Gasteiger partial charge is 0.339 e. The Balaban J connectivity index is 2.16. The quantitative estimate of drug-likeness (QED) is 0.753. The molecule has 0 atom stereocenters. The van der Waals surface area contributed by atoms with Gasteiger partial charge in [0, 0.05) is 18.0 Å². The molecule has 2 aromatic rings. The van der Waals surface area contributed by atoms with E-state index in [1.54, 1.807) is 12.4 Å². The zero-order chi connectivity index (χ0) is 12.4. The van der Waals surface area contributed by atoms with E-state index in [-0.39, 0.29) is 5.97 Å². The molecule has 0 unspecified atom stereocenters. The van der Waals surface area contributed by atoms with Crippen LogP contribution in [0.2, 0.25) is 0 Å². The number of carbonyl (C=O) groups excluding carboxylic acids is 1. The van der Waals surface area contributed by atoms with Crippen molar-refractivity contribution in [3.05, 3.63) is 66.0 Å². The summed E-state index contributed by atoms with van der Waals surface area (Å²) in [6.07, 6.45) is 3.43. The molecule has 1 aromatic carbocycles. The number of cyclic esters (lactones) is 1. The number of hydrogen-bond acceptors (Lipinski definition) is 3. The van der Waals surface area contributed by atoms with Crippen molar-refractivity contribution in [3.8, 4) is 0 Å². The molecule has 3 heteroatoms. The average molecular weight is 237 g/mol. The molecule has 18 heavy (non-hydrogen) atoms. The van der Waals surface area contributed by atoms with Gasteiger partial charge in [0.15, 0.2) is 0 Å². The van der Waals surface area contributed by atoms with Crippen LogP contribution >= 0.6 is 0 Å². The van der Waals surface area contributed by atoms with Crippen LogP contribution in [0, 0.1) is 0 Å². The van der Waals surface area contributed by atoms with Crippen LogP contribution in [-0.2, 0) is 9.53 Å². The van der Waals surface area contributed by atoms with Gasteiger partial charge in [-0.2, -0.15) is 0 Å². The lowest BCUT2D eigenvalue weighted by molar-refractivity contribution is -0.133. The second-order valence-electron chi connectivity index (χ2n) is 4.03. The van der Waals surface area contributed by atoms with Gasteiger partial charge in [-0.05, 0) is 23.3 Å². The molecule has 3 nitrogen and oxygen atoms in total. The molecule has 2 heterocycles. The molecule has 1 aromatic heterocycles. The summed E-state index contributed by atoms with van der Waals surface area (Å²) < 4.78 is 5.15. The highest BCUT2D eigenvalue weighted by Gasteiger charge is 2.26. The first kappa shape index (κ1) is 10.7. The lowest BCUT2D eigenvalue weighted by Crippen LogP contribution is -1.98. The van der Waals surface area contributed by atoms with Gasteiger partial charge in [-0.25, -0.2) is 4.79 Å². The van der Waals surface area contributed by atoms with Crippen LogP contribution in [0.1, 0.15) is 11.1 Å². The predicted octanol–water partition coefficient (Wildman–Crippen LogP) is 2.55. The van der Waals surface area contributed by atoms with Crippen molar-refractivity contribution in [1.82, 2.24) is 4.98 Å². The van der Waals surface area contributed by atoms with Crippen molar-refractivity contribution >= 4 is 17.1 Å². The maximum absolute atomic E-state index is 11.9. The maximum atomic E-state index is 11.9. The van der Waals surface area contributed by atoms with Crippen molar-refractivity contribution in [2.75, 3.05) is 6.61 Å². The third-order valence-electron chi connectivity index (χ3n) is 2.94. The van der Waals surface area contributed by atoms with E-state index in [4.69, 9.17) is 4.74 Å². The van der Waals surface area contributed by atoms with Crippen molar-refractivity contribution in [3.63, 3.8) is 0 Å². The Morgan fingerprint density at radius 3 is 2.39 bits per heavy atom. The summed E-state index contributed by atoms with van der Waals surface area (Å²) in [7, 11) is 0. The Bertz CT molecular complexity index is 603. The number of aromatic nitrogens is 1. The van der Waals surface area contributed by atoms with Gasteiger partial charge in [0.05, 0.1) is 5.57 Å². The molecule has 3 rings (SSSR count). The summed E-state index contributed by atoms with van der Waals surface area (Å²) in [5, 5.41) is 0. The first-order chi connectivity index (χ1) is 8.86. The Hall–Kier alpha value is -2.42. The molecular weight excluding hydrogens is 226 g/mol. The largest absolute Gasteiger partial charge is 0.457 e. The van der Waals surface area contributed by atoms with Crippen molar-refractivity contribution in [2.45, 2.75) is 0 Å². The van der Waals surface area contributed by atoms with Gasteiger partial charge in [0.25, 0.3) is 0 Å². The number of nitrogens with zero attached hydrogens (tertiary/aromatic N) is 1. The van der Waals surface area contributed by atoms with E-state index in [1.807, 2.05) is 42.5 Å². The van der Waals surface area contributed by atoms with E-state index in [0.717, 1.165) is 16.7 Å². The Morgan fingerprint density at radius 2 is 1.67 bits per heavy atom. The van der Waals surface area contributed by atoms with Gasteiger partial charge in [-0.1, -0.05) is 30.3 Å². The topological polar surface area (TPSA) is 39.2 Å². The van der Waals surface area contributed by atoms with E-state index in [0.29, 0.717) is 12.2 Å². The number of benzene rings is 1. The van der Waals surface area contributed by atoms with Gasteiger partial charge >= 0.3 is 5.97 Å². The van der Waals surface area contributed by atoms with Gasteiger partial charge in [0.1, 0.15) is 6.61 Å². The fraction of sp³-hybridized carbons (Fsp3) is 0.0667. The summed E-state index contributed by atoms with van der Waals surface area (Å²) >= 11 is 0. The zero-order valence-electron chi connectivity index (χ0n) is 9.67. The van der Waals surface area contributed by atoms with Crippen molar-refractivity contribution in [2.24, 2.45) is 0 Å². The number of rotatable bonds is 2. The summed E-state index contributed by atoms with van der Waals surface area (Å²) in [6, 6.07) is 13.4. The standard InChI is InChI=1S/C15H11NO2/c17-15-14(12-4-2-1-3-5-12)13(10-18-15)11-6-8-16-9-7-11/h1-9H,10H2. The summed E-state index contributed by atoms with van der Waals surface area (Å²) in [5.74, 6) is -0.256. The first-order valence-corrected chi connectivity index (χ1v) is 5.72. The van der Waals surface area contributed by atoms with Gasteiger partial charge in [-0.3, -0.25) is 4.98 Å². The molecule has 0 saturated carbocycles. The fourth-order valence-electron chi connectivity index (χ4n) is 2.08. The highest BCUT2D eigenvalue weighted by Crippen LogP contribution is 2.32. The molecular formula is C15H11NO2. The number of carbonyl (C=O) groups is 1. The maximum Gasteiger partial charge on any atom is 0.339 e. The number of ether oxygens (including phenoxy) is 1. The number of esters is 1. The first-order valence-electron chi connectivity index (χ1n) is 5.72. The predicted molar refractivity (Wildman–Crippen MR) is 68.5 cm³/mol. The molecule has 1 aliphatic rings. The zero-order valence-corrected chi connectivity index (χ0v) is 9.67. The van der Waals surface area contributed by atoms with Crippen LogP contribution in [0.4, 0.5) is 0 Å². The Kier molecular flexibility index (Phi) is 2.65. The summed E-state index contributed by atoms with van der Waals surface area (Å²) in [4.78, 5) is 15.8. The van der Waals surface area contributed by atoms with Crippen molar-refractivity contribution < 1.29 is 9.53 Å². The number of pyridine rings is 1. The highest BCUT2D eigenvalue weighted by atomic mass is 16.5. The van der Waals surface area contributed by atoms with Crippen LogP contribution in [0.5, 0.6) is 0 Å². The molecule has 0 radical (unpaired) electrons. The summed E-state index contributed by atoms with van der Waals surface area (Å²) in [6.45, 7) is 0.326. The molecule has 0 bridgehead atoms. The minimum atomic E-state index is -0.256. The molecule has 1 aliphatic heterocycles. The average Bonchev–Trinajstić information content (AvgIpc) is 2.83.